The highest BCUT2D eigenvalue weighted by Crippen LogP contribution is 2.30. The van der Waals surface area contributed by atoms with E-state index in [9.17, 15) is 9.90 Å². The van der Waals surface area contributed by atoms with E-state index in [2.05, 4.69) is 31.4 Å². The quantitative estimate of drug-likeness (QED) is 0.494. The maximum Gasteiger partial charge on any atom is 0.220 e. The molecular formula is C22H25N5O2. The van der Waals surface area contributed by atoms with Crippen LogP contribution >= 0.6 is 0 Å². The predicted octanol–water partition coefficient (Wildman–Crippen LogP) is 2.96. The monoisotopic (exact) mass is 391 g/mol. The van der Waals surface area contributed by atoms with E-state index < -0.39 is 5.60 Å². The average molecular weight is 391 g/mol. The lowest BCUT2D eigenvalue weighted by Crippen LogP contribution is -2.14. The van der Waals surface area contributed by atoms with Gasteiger partial charge in [-0.1, -0.05) is 5.92 Å². The van der Waals surface area contributed by atoms with Crippen LogP contribution in [0.1, 0.15) is 45.7 Å². The molecule has 0 saturated heterocycles. The molecule has 150 valence electrons. The predicted molar refractivity (Wildman–Crippen MR) is 113 cm³/mol. The first-order valence-electron chi connectivity index (χ1n) is 9.56. The Hall–Kier alpha value is -3.24. The van der Waals surface area contributed by atoms with Crippen molar-refractivity contribution < 1.29 is 9.90 Å². The number of aryl methyl sites for hydroxylation is 1. The summed E-state index contributed by atoms with van der Waals surface area (Å²) in [5.41, 5.74) is 7.83. The molecule has 3 heterocycles. The van der Waals surface area contributed by atoms with Crippen molar-refractivity contribution in [3.05, 3.63) is 36.4 Å². The minimum atomic E-state index is -1.09. The van der Waals surface area contributed by atoms with Crippen LogP contribution in [0.3, 0.4) is 0 Å². The van der Waals surface area contributed by atoms with Gasteiger partial charge in [0.2, 0.25) is 5.95 Å². The van der Waals surface area contributed by atoms with E-state index in [0.29, 0.717) is 12.1 Å². The number of hydrogen-bond acceptors (Lipinski definition) is 6. The van der Waals surface area contributed by atoms with E-state index in [4.69, 9.17) is 5.73 Å². The number of nitrogen functional groups attached to an aromatic ring is 1. The summed E-state index contributed by atoms with van der Waals surface area (Å²) in [5.74, 6) is 6.13. The number of Topliss-reactive ketones (excluding diaryl/α,β-unsaturated/α-hetero) is 1. The van der Waals surface area contributed by atoms with Gasteiger partial charge in [-0.15, -0.1) is 0 Å². The van der Waals surface area contributed by atoms with Crippen molar-refractivity contribution in [2.45, 2.75) is 52.2 Å². The summed E-state index contributed by atoms with van der Waals surface area (Å²) in [7, 11) is 0. The van der Waals surface area contributed by atoms with Gasteiger partial charge in [-0.3, -0.25) is 0 Å². The second kappa shape index (κ2) is 8.41. The first-order chi connectivity index (χ1) is 13.7. The zero-order valence-corrected chi connectivity index (χ0v) is 16.9. The minimum Gasteiger partial charge on any atom is -0.378 e. The van der Waals surface area contributed by atoms with Crippen molar-refractivity contribution in [2.75, 3.05) is 5.73 Å². The summed E-state index contributed by atoms with van der Waals surface area (Å²) in [5, 5.41) is 10.8. The van der Waals surface area contributed by atoms with E-state index in [1.807, 2.05) is 18.3 Å². The molecule has 0 spiro atoms. The topological polar surface area (TPSA) is 107 Å². The molecule has 0 bridgehead atoms. The third kappa shape index (κ3) is 5.39. The number of hydrogen-bond donors (Lipinski definition) is 2. The number of nitrogens with zero attached hydrogens (tertiary/aromatic N) is 4. The van der Waals surface area contributed by atoms with Gasteiger partial charge >= 0.3 is 0 Å². The normalized spacial score (nSPS) is 11.3. The molecular weight excluding hydrogens is 366 g/mol. The average Bonchev–Trinajstić information content (AvgIpc) is 3.01. The fourth-order valence-electron chi connectivity index (χ4n) is 3.04. The summed E-state index contributed by atoms with van der Waals surface area (Å²) in [6.45, 7) is 5.64. The van der Waals surface area contributed by atoms with Crippen LogP contribution in [0.4, 0.5) is 5.95 Å². The number of anilines is 1. The number of ketones is 1. The van der Waals surface area contributed by atoms with Crippen LogP contribution in [0, 0.1) is 11.8 Å². The van der Waals surface area contributed by atoms with Crippen molar-refractivity contribution in [1.82, 2.24) is 19.5 Å². The Kier molecular flexibility index (Phi) is 5.95. The smallest absolute Gasteiger partial charge is 0.220 e. The van der Waals surface area contributed by atoms with Crippen molar-refractivity contribution in [1.29, 1.82) is 0 Å². The standard InChI is InChI=1S/C22H25N5O2/c1-15(28)6-4-5-11-27-14-18(19-8-10-24-21(23)26-19)17-12-16(25-13-20(17)27)7-9-22(2,3)29/h8,10,12-14,29H,4-6,11H2,1-3H3,(H2,23,24,26). The fraction of sp³-hybridized carbons (Fsp3) is 0.364. The van der Waals surface area contributed by atoms with E-state index in [1.165, 1.54) is 0 Å². The van der Waals surface area contributed by atoms with Crippen LogP contribution in [0.15, 0.2) is 30.7 Å². The molecule has 0 unspecified atom stereocenters. The SMILES string of the molecule is CC(=O)CCCCn1cc(-c2ccnc(N)n2)c2cc(C#CC(C)(C)O)ncc21. The van der Waals surface area contributed by atoms with Crippen LogP contribution in [0.25, 0.3) is 22.2 Å². The lowest BCUT2D eigenvalue weighted by atomic mass is 10.1. The molecule has 3 aromatic rings. The van der Waals surface area contributed by atoms with Gasteiger partial charge in [-0.05, 0) is 51.7 Å². The van der Waals surface area contributed by atoms with Crippen molar-refractivity contribution in [2.24, 2.45) is 0 Å². The number of unbranched alkanes of at least 4 members (excludes halogenated alkanes) is 1. The second-order valence-corrected chi connectivity index (χ2v) is 7.59. The fourth-order valence-corrected chi connectivity index (χ4v) is 3.04. The van der Waals surface area contributed by atoms with Crippen molar-refractivity contribution >= 4 is 22.6 Å². The van der Waals surface area contributed by atoms with Gasteiger partial charge in [0.25, 0.3) is 0 Å². The Morgan fingerprint density at radius 2 is 2.10 bits per heavy atom. The van der Waals surface area contributed by atoms with Gasteiger partial charge in [-0.2, -0.15) is 0 Å². The molecule has 29 heavy (non-hydrogen) atoms. The highest BCUT2D eigenvalue weighted by atomic mass is 16.3. The first-order valence-corrected chi connectivity index (χ1v) is 9.56. The Morgan fingerprint density at radius 3 is 2.79 bits per heavy atom. The molecule has 0 radical (unpaired) electrons. The molecule has 0 aromatic carbocycles. The number of carbonyl (C=O) groups excluding carboxylic acids is 1. The van der Waals surface area contributed by atoms with Crippen LogP contribution < -0.4 is 5.73 Å². The molecule has 0 aliphatic heterocycles. The summed E-state index contributed by atoms with van der Waals surface area (Å²) in [4.78, 5) is 23.9. The molecule has 0 atom stereocenters. The molecule has 0 fully saturated rings. The summed E-state index contributed by atoms with van der Waals surface area (Å²) < 4.78 is 2.11. The molecule has 7 nitrogen and oxygen atoms in total. The Labute approximate surface area is 170 Å². The highest BCUT2D eigenvalue weighted by molar-refractivity contribution is 5.95. The third-order valence-corrected chi connectivity index (χ3v) is 4.39. The minimum absolute atomic E-state index is 0.205. The number of aromatic nitrogens is 4. The molecule has 0 aliphatic carbocycles. The number of nitrogens with two attached hydrogens (primary N) is 1. The molecule has 0 saturated carbocycles. The molecule has 7 heteroatoms. The summed E-state index contributed by atoms with van der Waals surface area (Å²) in [6.07, 6.45) is 7.74. The highest BCUT2D eigenvalue weighted by Gasteiger charge is 2.14. The van der Waals surface area contributed by atoms with Gasteiger partial charge in [0, 0.05) is 36.3 Å². The number of rotatable bonds is 6. The Balaban J connectivity index is 2.03. The third-order valence-electron chi connectivity index (χ3n) is 4.39. The van der Waals surface area contributed by atoms with Crippen LogP contribution in [-0.4, -0.2) is 36.0 Å². The second-order valence-electron chi connectivity index (χ2n) is 7.59. The first kappa shape index (κ1) is 20.5. The number of aliphatic hydroxyl groups is 1. The number of fused-ring (bicyclic) bond motifs is 1. The zero-order valence-electron chi connectivity index (χ0n) is 16.9. The van der Waals surface area contributed by atoms with Crippen molar-refractivity contribution in [3.8, 4) is 23.1 Å². The molecule has 3 rings (SSSR count). The molecule has 0 aliphatic rings. The molecule has 3 aromatic heterocycles. The molecule has 0 amide bonds. The maximum absolute atomic E-state index is 11.2. The largest absolute Gasteiger partial charge is 0.378 e. The van der Waals surface area contributed by atoms with Crippen LogP contribution in [0.5, 0.6) is 0 Å². The van der Waals surface area contributed by atoms with E-state index in [-0.39, 0.29) is 11.7 Å². The van der Waals surface area contributed by atoms with E-state index in [0.717, 1.165) is 41.5 Å². The van der Waals surface area contributed by atoms with Gasteiger partial charge in [0.1, 0.15) is 17.1 Å². The van der Waals surface area contributed by atoms with Gasteiger partial charge in [0.05, 0.1) is 17.4 Å². The maximum atomic E-state index is 11.2. The van der Waals surface area contributed by atoms with Crippen molar-refractivity contribution in [3.63, 3.8) is 0 Å². The van der Waals surface area contributed by atoms with Gasteiger partial charge in [-0.25, -0.2) is 15.0 Å². The molecule has 3 N–H and O–H groups in total. The van der Waals surface area contributed by atoms with Crippen LogP contribution in [0.2, 0.25) is 0 Å². The lowest BCUT2D eigenvalue weighted by Gasteiger charge is -2.06. The van der Waals surface area contributed by atoms with Crippen LogP contribution in [-0.2, 0) is 11.3 Å². The van der Waals surface area contributed by atoms with E-state index >= 15 is 0 Å². The van der Waals surface area contributed by atoms with Gasteiger partial charge in [0.15, 0.2) is 0 Å². The summed E-state index contributed by atoms with van der Waals surface area (Å²) >= 11 is 0. The van der Waals surface area contributed by atoms with E-state index in [1.54, 1.807) is 33.2 Å². The number of carbonyl (C=O) groups is 1. The lowest BCUT2D eigenvalue weighted by molar-refractivity contribution is -0.117. The Morgan fingerprint density at radius 1 is 1.31 bits per heavy atom. The summed E-state index contributed by atoms with van der Waals surface area (Å²) in [6, 6.07) is 3.71. The van der Waals surface area contributed by atoms with Gasteiger partial charge < -0.3 is 20.2 Å². The Bertz CT molecular complexity index is 1100. The number of pyridine rings is 1. The zero-order chi connectivity index (χ0) is 21.0.